The average Bonchev–Trinajstić information content (AvgIpc) is 2.35. The zero-order valence-electron chi connectivity index (χ0n) is 11.8. The summed E-state index contributed by atoms with van der Waals surface area (Å²) in [5.74, 6) is 0. The standard InChI is InChI=1S/C13H22N2O3S/c1-10(15-9-13(2,3)18-4)11-6-5-7-12(8-11)19(14,16)17/h5-8,10,15H,9H2,1-4H3,(H2,14,16,17). The van der Waals surface area contributed by atoms with Crippen LogP contribution in [-0.2, 0) is 14.8 Å². The van der Waals surface area contributed by atoms with Gasteiger partial charge in [0.1, 0.15) is 0 Å². The Kier molecular flexibility index (Phi) is 5.09. The number of primary sulfonamides is 1. The Bertz CT molecular complexity index is 526. The molecule has 3 N–H and O–H groups in total. The van der Waals surface area contributed by atoms with E-state index in [1.165, 1.54) is 6.07 Å². The number of ether oxygens (including phenoxy) is 1. The van der Waals surface area contributed by atoms with Crippen LogP contribution in [0.2, 0.25) is 0 Å². The van der Waals surface area contributed by atoms with Gasteiger partial charge in [0.2, 0.25) is 10.0 Å². The van der Waals surface area contributed by atoms with Crippen LogP contribution in [0.1, 0.15) is 32.4 Å². The average molecular weight is 286 g/mol. The molecule has 1 atom stereocenters. The Morgan fingerprint density at radius 1 is 1.42 bits per heavy atom. The molecule has 1 rings (SSSR count). The van der Waals surface area contributed by atoms with Crippen molar-refractivity contribution in [1.29, 1.82) is 0 Å². The Morgan fingerprint density at radius 3 is 2.58 bits per heavy atom. The van der Waals surface area contributed by atoms with E-state index in [4.69, 9.17) is 9.88 Å². The molecule has 108 valence electrons. The number of hydrogen-bond donors (Lipinski definition) is 2. The summed E-state index contributed by atoms with van der Waals surface area (Å²) in [5.41, 5.74) is 0.602. The molecule has 5 nitrogen and oxygen atoms in total. The Balaban J connectivity index is 2.81. The van der Waals surface area contributed by atoms with Gasteiger partial charge in [-0.1, -0.05) is 12.1 Å². The third-order valence-electron chi connectivity index (χ3n) is 3.07. The maximum absolute atomic E-state index is 11.3. The second-order valence-corrected chi connectivity index (χ2v) is 6.75. The molecule has 1 unspecified atom stereocenters. The van der Waals surface area contributed by atoms with Crippen LogP contribution in [0.5, 0.6) is 0 Å². The minimum absolute atomic E-state index is 0.0103. The van der Waals surface area contributed by atoms with Crippen LogP contribution in [0, 0.1) is 0 Å². The summed E-state index contributed by atoms with van der Waals surface area (Å²) >= 11 is 0. The summed E-state index contributed by atoms with van der Waals surface area (Å²) < 4.78 is 27.9. The molecule has 6 heteroatoms. The molecular weight excluding hydrogens is 264 g/mol. The Hall–Kier alpha value is -0.950. The molecule has 19 heavy (non-hydrogen) atoms. The summed E-state index contributed by atoms with van der Waals surface area (Å²) in [5, 5.41) is 8.43. The number of nitrogens with two attached hydrogens (primary N) is 1. The number of methoxy groups -OCH3 is 1. The van der Waals surface area contributed by atoms with Crippen molar-refractivity contribution in [1.82, 2.24) is 5.32 Å². The zero-order valence-corrected chi connectivity index (χ0v) is 12.6. The molecule has 0 bridgehead atoms. The van der Waals surface area contributed by atoms with E-state index in [0.29, 0.717) is 6.54 Å². The lowest BCUT2D eigenvalue weighted by atomic mass is 10.1. The minimum atomic E-state index is -3.66. The summed E-state index contributed by atoms with van der Waals surface area (Å²) in [6.45, 7) is 6.58. The Labute approximate surface area is 115 Å². The molecule has 0 heterocycles. The van der Waals surface area contributed by atoms with E-state index in [1.54, 1.807) is 19.2 Å². The first-order valence-electron chi connectivity index (χ1n) is 6.07. The van der Waals surface area contributed by atoms with Crippen LogP contribution < -0.4 is 10.5 Å². The first kappa shape index (κ1) is 16.1. The highest BCUT2D eigenvalue weighted by atomic mass is 32.2. The van der Waals surface area contributed by atoms with E-state index >= 15 is 0 Å². The fourth-order valence-electron chi connectivity index (χ4n) is 1.55. The molecule has 0 spiro atoms. The first-order valence-corrected chi connectivity index (χ1v) is 7.62. The van der Waals surface area contributed by atoms with Crippen LogP contribution in [0.3, 0.4) is 0 Å². The molecule has 0 saturated carbocycles. The van der Waals surface area contributed by atoms with Gasteiger partial charge in [0.25, 0.3) is 0 Å². The fourth-order valence-corrected chi connectivity index (χ4v) is 2.12. The summed E-state index contributed by atoms with van der Waals surface area (Å²) in [7, 11) is -2.00. The van der Waals surface area contributed by atoms with Crippen LogP contribution in [0.25, 0.3) is 0 Å². The smallest absolute Gasteiger partial charge is 0.238 e. The van der Waals surface area contributed by atoms with Crippen LogP contribution in [0.4, 0.5) is 0 Å². The van der Waals surface area contributed by atoms with Crippen molar-refractivity contribution < 1.29 is 13.2 Å². The lowest BCUT2D eigenvalue weighted by Crippen LogP contribution is -2.37. The topological polar surface area (TPSA) is 81.4 Å². The molecule has 0 aliphatic rings. The third-order valence-corrected chi connectivity index (χ3v) is 3.98. The molecule has 0 aromatic heterocycles. The molecule has 1 aromatic carbocycles. The molecule has 0 saturated heterocycles. The van der Waals surface area contributed by atoms with Crippen LogP contribution >= 0.6 is 0 Å². The van der Waals surface area contributed by atoms with Gasteiger partial charge in [-0.3, -0.25) is 0 Å². The molecule has 0 aliphatic heterocycles. The van der Waals surface area contributed by atoms with Crippen molar-refractivity contribution in [2.75, 3.05) is 13.7 Å². The molecular formula is C13H22N2O3S. The molecule has 0 fully saturated rings. The normalized spacial score (nSPS) is 14.4. The van der Waals surface area contributed by atoms with Crippen molar-refractivity contribution in [2.24, 2.45) is 5.14 Å². The van der Waals surface area contributed by atoms with Gasteiger partial charge in [0, 0.05) is 19.7 Å². The predicted octanol–water partition coefficient (Wildman–Crippen LogP) is 1.41. The second kappa shape index (κ2) is 6.00. The van der Waals surface area contributed by atoms with Gasteiger partial charge < -0.3 is 10.1 Å². The van der Waals surface area contributed by atoms with Crippen molar-refractivity contribution in [3.63, 3.8) is 0 Å². The first-order chi connectivity index (χ1) is 8.65. The van der Waals surface area contributed by atoms with Crippen molar-refractivity contribution in [2.45, 2.75) is 37.3 Å². The van der Waals surface area contributed by atoms with Gasteiger partial charge in [-0.25, -0.2) is 13.6 Å². The highest BCUT2D eigenvalue weighted by Crippen LogP contribution is 2.17. The third kappa shape index (κ3) is 4.91. The lowest BCUT2D eigenvalue weighted by Gasteiger charge is -2.26. The van der Waals surface area contributed by atoms with E-state index in [2.05, 4.69) is 5.32 Å². The maximum Gasteiger partial charge on any atom is 0.238 e. The minimum Gasteiger partial charge on any atom is -0.377 e. The largest absolute Gasteiger partial charge is 0.377 e. The number of benzene rings is 1. The van der Waals surface area contributed by atoms with Gasteiger partial charge in [-0.05, 0) is 38.5 Å². The molecule has 1 aromatic rings. The van der Waals surface area contributed by atoms with E-state index in [-0.39, 0.29) is 16.5 Å². The van der Waals surface area contributed by atoms with Crippen molar-refractivity contribution in [3.05, 3.63) is 29.8 Å². The fraction of sp³-hybridized carbons (Fsp3) is 0.538. The molecule has 0 radical (unpaired) electrons. The van der Waals surface area contributed by atoms with Crippen LogP contribution in [0.15, 0.2) is 29.2 Å². The summed E-state index contributed by atoms with van der Waals surface area (Å²) in [4.78, 5) is 0.129. The van der Waals surface area contributed by atoms with Gasteiger partial charge >= 0.3 is 0 Å². The van der Waals surface area contributed by atoms with Gasteiger partial charge in [-0.15, -0.1) is 0 Å². The maximum atomic E-state index is 11.3. The Morgan fingerprint density at radius 2 is 2.05 bits per heavy atom. The van der Waals surface area contributed by atoms with E-state index < -0.39 is 10.0 Å². The van der Waals surface area contributed by atoms with Crippen molar-refractivity contribution in [3.8, 4) is 0 Å². The highest BCUT2D eigenvalue weighted by molar-refractivity contribution is 7.89. The number of rotatable bonds is 6. The van der Waals surface area contributed by atoms with E-state index in [9.17, 15) is 8.42 Å². The van der Waals surface area contributed by atoms with Crippen molar-refractivity contribution >= 4 is 10.0 Å². The monoisotopic (exact) mass is 286 g/mol. The van der Waals surface area contributed by atoms with Crippen LogP contribution in [-0.4, -0.2) is 27.7 Å². The van der Waals surface area contributed by atoms with E-state index in [1.807, 2.05) is 26.8 Å². The molecule has 0 aliphatic carbocycles. The lowest BCUT2D eigenvalue weighted by molar-refractivity contribution is 0.0214. The predicted molar refractivity (Wildman–Crippen MR) is 75.3 cm³/mol. The second-order valence-electron chi connectivity index (χ2n) is 5.18. The number of nitrogens with one attached hydrogen (secondary N) is 1. The number of sulfonamides is 1. The summed E-state index contributed by atoms with van der Waals surface area (Å²) in [6.07, 6.45) is 0. The van der Waals surface area contributed by atoms with Gasteiger partial charge in [-0.2, -0.15) is 0 Å². The molecule has 0 amide bonds. The quantitative estimate of drug-likeness (QED) is 0.828. The highest BCUT2D eigenvalue weighted by Gasteiger charge is 2.18. The van der Waals surface area contributed by atoms with Gasteiger partial charge in [0.15, 0.2) is 0 Å². The van der Waals surface area contributed by atoms with Gasteiger partial charge in [0.05, 0.1) is 10.5 Å². The zero-order chi connectivity index (χ0) is 14.7. The SMILES string of the molecule is COC(C)(C)CNC(C)c1cccc(S(N)(=O)=O)c1. The number of hydrogen-bond acceptors (Lipinski definition) is 4. The summed E-state index contributed by atoms with van der Waals surface area (Å²) in [6, 6.07) is 6.65. The van der Waals surface area contributed by atoms with E-state index in [0.717, 1.165) is 5.56 Å².